The number of nitrogens with zero attached hydrogens (tertiary/aromatic N) is 21. The molecule has 0 saturated heterocycles. The number of fused-ring (bicyclic) bond motifs is 6. The molecule has 16 aromatic heterocycles. The van der Waals surface area contributed by atoms with Crippen molar-refractivity contribution in [2.45, 2.75) is 88.5 Å². The Morgan fingerprint density at radius 1 is 0.227 bits per heavy atom. The molecule has 0 unspecified atom stereocenters. The number of hydrogen-bond donors (Lipinski definition) is 2. The SMILES string of the molecule is C.C.C.COc1ccc(Cc2nnc3ccc(-c4ccc[nH]4)cn23)cc1.COc1ccc(Cc2nnc3ccc(-c4ccccc4)cn23)cc1.Cc1ccc(Cc2nnc3ccc(-c4ccc[nH]4)cn23)cc1.Cc1ccc(Cc2nnc3ccc(-c4ccccc4)cn23)cc1.Cc1ccc(Cc2nnc3ccc(-c4ccccn4)cn23)cc1.Cc1ccc(Cc2nnc3ccc(-c4cnccn4)cn23)cc1. The minimum absolute atomic E-state index is 0. The van der Waals surface area contributed by atoms with Crippen molar-refractivity contribution in [3.8, 4) is 78.8 Å². The Hall–Kier alpha value is -18.1. The van der Waals surface area contributed by atoms with Gasteiger partial charge < -0.3 is 19.4 Å². The van der Waals surface area contributed by atoms with Crippen molar-refractivity contribution in [3.05, 3.63) is 486 Å². The summed E-state index contributed by atoms with van der Waals surface area (Å²) in [6.45, 7) is 8.38. The Bertz CT molecular complexity index is 7710. The number of methoxy groups -OCH3 is 2. The van der Waals surface area contributed by atoms with Gasteiger partial charge in [-0.2, -0.15) is 0 Å². The second kappa shape index (κ2) is 45.5. The van der Waals surface area contributed by atoms with Crippen LogP contribution in [-0.4, -0.2) is 127 Å². The lowest BCUT2D eigenvalue weighted by Gasteiger charge is -2.05. The van der Waals surface area contributed by atoms with E-state index < -0.39 is 0 Å². The minimum Gasteiger partial charge on any atom is -0.497 e. The van der Waals surface area contributed by atoms with Crippen LogP contribution in [-0.2, 0) is 38.5 Å². The summed E-state index contributed by atoms with van der Waals surface area (Å²) in [5.41, 5.74) is 30.4. The van der Waals surface area contributed by atoms with Gasteiger partial charge >= 0.3 is 0 Å². The van der Waals surface area contributed by atoms with E-state index in [0.29, 0.717) is 0 Å². The lowest BCUT2D eigenvalue weighted by atomic mass is 10.1. The first-order chi connectivity index (χ1) is 67.8. The van der Waals surface area contributed by atoms with E-state index in [2.05, 4.69) is 346 Å². The fourth-order valence-electron chi connectivity index (χ4n) is 16.0. The van der Waals surface area contributed by atoms with Crippen molar-refractivity contribution in [1.29, 1.82) is 0 Å². The van der Waals surface area contributed by atoms with Crippen LogP contribution in [0.2, 0.25) is 0 Å². The summed E-state index contributed by atoms with van der Waals surface area (Å²) in [4.78, 5) is 19.3. The fraction of sp³-hybridized carbons (Fsp3) is 0.129. The maximum absolute atomic E-state index is 5.21. The summed E-state index contributed by atoms with van der Waals surface area (Å²) in [5, 5.41) is 51.6. The predicted octanol–water partition coefficient (Wildman–Crippen LogP) is 23.9. The molecule has 141 heavy (non-hydrogen) atoms. The summed E-state index contributed by atoms with van der Waals surface area (Å²) in [7, 11) is 3.34. The molecule has 700 valence electrons. The first kappa shape index (κ1) is 96.0. The lowest BCUT2D eigenvalue weighted by molar-refractivity contribution is 0.414. The largest absolute Gasteiger partial charge is 0.497 e. The molecule has 0 atom stereocenters. The van der Waals surface area contributed by atoms with Gasteiger partial charge in [-0.25, -0.2) is 0 Å². The number of pyridine rings is 7. The molecular weight excluding hydrogens is 1750 g/mol. The van der Waals surface area contributed by atoms with E-state index >= 15 is 0 Å². The third-order valence-electron chi connectivity index (χ3n) is 23.7. The molecule has 24 rings (SSSR count). The van der Waals surface area contributed by atoms with Gasteiger partial charge in [-0.05, 0) is 217 Å². The van der Waals surface area contributed by atoms with E-state index in [9.17, 15) is 0 Å². The number of aromatic nitrogens is 23. The highest BCUT2D eigenvalue weighted by Crippen LogP contribution is 2.29. The van der Waals surface area contributed by atoms with Crippen molar-refractivity contribution >= 4 is 33.9 Å². The fourth-order valence-corrected chi connectivity index (χ4v) is 16.0. The molecule has 2 N–H and O–H groups in total. The quantitative estimate of drug-likeness (QED) is 0.0718. The van der Waals surface area contributed by atoms with Crippen molar-refractivity contribution < 1.29 is 9.47 Å². The molecule has 0 fully saturated rings. The van der Waals surface area contributed by atoms with E-state index in [1.165, 1.54) is 72.3 Å². The smallest absolute Gasteiger partial charge is 0.160 e. The van der Waals surface area contributed by atoms with Gasteiger partial charge in [0.2, 0.25) is 0 Å². The number of ether oxygens (including phenoxy) is 2. The first-order valence-corrected chi connectivity index (χ1v) is 45.4. The van der Waals surface area contributed by atoms with Crippen LogP contribution in [0.15, 0.2) is 396 Å². The number of benzene rings is 8. The summed E-state index contributed by atoms with van der Waals surface area (Å²) in [6, 6.07) is 109. The molecular formula is C116H109N23O2. The average Bonchev–Trinajstić information content (AvgIpc) is 1.72. The first-order valence-electron chi connectivity index (χ1n) is 45.4. The number of aromatic amines is 2. The van der Waals surface area contributed by atoms with Crippen molar-refractivity contribution in [2.24, 2.45) is 0 Å². The number of nitrogens with one attached hydrogen (secondary N) is 2. The number of aryl methyl sites for hydroxylation is 4. The zero-order valence-corrected chi connectivity index (χ0v) is 77.0. The van der Waals surface area contributed by atoms with E-state index in [0.717, 1.165) is 169 Å². The van der Waals surface area contributed by atoms with E-state index in [1.807, 2.05) is 165 Å². The molecule has 0 aliphatic heterocycles. The van der Waals surface area contributed by atoms with Crippen LogP contribution in [0, 0.1) is 27.7 Å². The van der Waals surface area contributed by atoms with Crippen LogP contribution >= 0.6 is 0 Å². The molecule has 0 saturated carbocycles. The average molecular weight is 1860 g/mol. The van der Waals surface area contributed by atoms with Gasteiger partial charge in [-0.3, -0.25) is 41.4 Å². The standard InChI is InChI=1S/C20H17N3O.C20H17N3.C19H16N4.C18H15N5.C18H16N4O.C18H16N4.3CH4/c1-24-18-10-7-15(8-11-18)13-20-22-21-19-12-9-17(14-23(19)20)16-5-3-2-4-6-16;1-15-7-9-16(10-8-15)13-20-22-21-19-12-11-18(14-23(19)20)17-5-3-2-4-6-17;1-14-5-7-15(8-6-14)12-19-22-21-18-10-9-16(13-23(18)19)17-4-2-3-11-20-17;1-13-2-4-14(5-3-13)10-18-22-21-17-7-6-15(12-23(17)18)16-11-19-8-9-20-16;1-23-15-7-4-13(5-8-15)11-18-21-20-17-9-6-14(12-22(17)18)16-3-2-10-19-16;1-13-4-6-14(7-5-13)11-18-21-20-17-9-8-15(12-22(17)18)16-3-2-10-19-16;;;/h2-12,14H,13H2,1H3;2-12,14H,13H2,1H3;2-11,13H,12H2,1H3;2-9,11-12H,10H2,1H3;2-10,12,19H,11H2,1H3;2-10,12,19H,11H2,1H3;3*1H4. The third-order valence-corrected chi connectivity index (χ3v) is 23.7. The summed E-state index contributed by atoms with van der Waals surface area (Å²) >= 11 is 0. The second-order valence-electron chi connectivity index (χ2n) is 33.5. The molecule has 25 nitrogen and oxygen atoms in total. The van der Waals surface area contributed by atoms with Gasteiger partial charge in [0.25, 0.3) is 0 Å². The summed E-state index contributed by atoms with van der Waals surface area (Å²) < 4.78 is 22.7. The number of H-pyrrole nitrogens is 2. The van der Waals surface area contributed by atoms with Crippen molar-refractivity contribution in [3.63, 3.8) is 0 Å². The minimum atomic E-state index is 0. The Kier molecular flexibility index (Phi) is 31.0. The van der Waals surface area contributed by atoms with Crippen LogP contribution in [0.4, 0.5) is 0 Å². The van der Waals surface area contributed by atoms with Gasteiger partial charge in [-0.15, -0.1) is 61.2 Å². The lowest BCUT2D eigenvalue weighted by Crippen LogP contribution is -1.97. The van der Waals surface area contributed by atoms with Gasteiger partial charge in [-0.1, -0.05) is 233 Å². The van der Waals surface area contributed by atoms with E-state index in [1.54, 1.807) is 39.0 Å². The zero-order valence-electron chi connectivity index (χ0n) is 77.0. The van der Waals surface area contributed by atoms with Crippen LogP contribution < -0.4 is 9.47 Å². The molecule has 24 aromatic rings. The Labute approximate surface area is 818 Å². The Balaban J connectivity index is 0.000000121. The molecule has 0 amide bonds. The zero-order chi connectivity index (χ0) is 93.9. The maximum Gasteiger partial charge on any atom is 0.160 e. The highest BCUT2D eigenvalue weighted by atomic mass is 16.5. The molecule has 8 aromatic carbocycles. The Morgan fingerprint density at radius 2 is 0.496 bits per heavy atom. The van der Waals surface area contributed by atoms with Crippen molar-refractivity contribution in [1.82, 2.24) is 113 Å². The van der Waals surface area contributed by atoms with Crippen LogP contribution in [0.25, 0.3) is 101 Å². The number of rotatable bonds is 20. The van der Waals surface area contributed by atoms with E-state index in [-0.39, 0.29) is 22.3 Å². The van der Waals surface area contributed by atoms with Gasteiger partial charge in [0.1, 0.15) is 46.4 Å². The maximum atomic E-state index is 5.21. The van der Waals surface area contributed by atoms with Crippen LogP contribution in [0.3, 0.4) is 0 Å². The molecule has 0 radical (unpaired) electrons. The summed E-state index contributed by atoms with van der Waals surface area (Å²) in [6.07, 6.45) is 27.7. The van der Waals surface area contributed by atoms with Crippen molar-refractivity contribution in [2.75, 3.05) is 14.2 Å². The Morgan fingerprint density at radius 3 is 0.773 bits per heavy atom. The molecule has 0 aliphatic carbocycles. The number of hydrogen-bond acceptors (Lipinski definition) is 17. The molecule has 16 heterocycles. The molecule has 0 aliphatic rings. The topological polar surface area (TPSA) is 270 Å². The van der Waals surface area contributed by atoms with Crippen LogP contribution in [0.5, 0.6) is 11.5 Å². The second-order valence-corrected chi connectivity index (χ2v) is 33.5. The van der Waals surface area contributed by atoms with E-state index in [4.69, 9.17) is 9.47 Å². The molecule has 0 spiro atoms. The monoisotopic (exact) mass is 1860 g/mol. The molecule has 0 bridgehead atoms. The highest BCUT2D eigenvalue weighted by Gasteiger charge is 2.17. The summed E-state index contributed by atoms with van der Waals surface area (Å²) in [5.74, 6) is 7.31. The predicted molar refractivity (Wildman–Crippen MR) is 560 cm³/mol. The van der Waals surface area contributed by atoms with Gasteiger partial charge in [0.15, 0.2) is 33.9 Å². The van der Waals surface area contributed by atoms with Gasteiger partial charge in [0, 0.05) is 140 Å². The van der Waals surface area contributed by atoms with Gasteiger partial charge in [0.05, 0.1) is 31.8 Å². The normalized spacial score (nSPS) is 10.8. The van der Waals surface area contributed by atoms with Crippen LogP contribution in [0.1, 0.15) is 113 Å². The highest BCUT2D eigenvalue weighted by molar-refractivity contribution is 5.68. The third kappa shape index (κ3) is 23.7. The molecule has 25 heteroatoms.